The number of aromatic nitrogens is 6. The molecule has 3 aromatic heterocycles. The maximum atomic E-state index is 13.1. The number of nitrogens with zero attached hydrogens (tertiary/aromatic N) is 7. The average Bonchev–Trinajstić information content (AvgIpc) is 3.33. The number of anilines is 1. The smallest absolute Gasteiger partial charge is 0.249 e. The number of carbonyl (C=O) groups is 1. The number of hydrogen-bond donors (Lipinski definition) is 1. The molecular formula is C25H26N8O2. The highest BCUT2D eigenvalue weighted by molar-refractivity contribution is 6.06. The second-order valence-corrected chi connectivity index (χ2v) is 9.14. The van der Waals surface area contributed by atoms with E-state index in [9.17, 15) is 4.79 Å². The van der Waals surface area contributed by atoms with Gasteiger partial charge in [-0.25, -0.2) is 24.9 Å². The van der Waals surface area contributed by atoms with E-state index in [0.29, 0.717) is 31.0 Å². The van der Waals surface area contributed by atoms with Gasteiger partial charge in [-0.2, -0.15) is 0 Å². The van der Waals surface area contributed by atoms with Crippen LogP contribution in [0.2, 0.25) is 0 Å². The molecule has 1 saturated heterocycles. The Morgan fingerprint density at radius 3 is 2.63 bits per heavy atom. The molecule has 1 N–H and O–H groups in total. The van der Waals surface area contributed by atoms with Crippen LogP contribution < -0.4 is 5.32 Å². The van der Waals surface area contributed by atoms with Gasteiger partial charge >= 0.3 is 0 Å². The molecule has 1 fully saturated rings. The largest absolute Gasteiger partial charge is 0.379 e. The standard InChI is InChI=1S/C25H26N8O2/c1-5-33-22(16-9-26-14(2)27-10-16)31-21-20(28-13-29-23(21)33)15-6-7-19-18(8-15)25(3,24(34)30-19)32-11-17(12-32)35-4/h6-10,13,17H,5,11-12H2,1-4H3,(H,30,34). The minimum Gasteiger partial charge on any atom is -0.379 e. The number of rotatable bonds is 5. The van der Waals surface area contributed by atoms with Gasteiger partial charge in [0.05, 0.1) is 11.7 Å². The summed E-state index contributed by atoms with van der Waals surface area (Å²) in [7, 11) is 1.71. The zero-order chi connectivity index (χ0) is 24.3. The van der Waals surface area contributed by atoms with Gasteiger partial charge in [-0.05, 0) is 32.9 Å². The van der Waals surface area contributed by atoms with Gasteiger partial charge in [0.1, 0.15) is 34.7 Å². The van der Waals surface area contributed by atoms with Crippen molar-refractivity contribution in [2.24, 2.45) is 0 Å². The number of methoxy groups -OCH3 is 1. The number of nitrogens with one attached hydrogen (secondary N) is 1. The van der Waals surface area contributed by atoms with E-state index in [4.69, 9.17) is 9.72 Å². The van der Waals surface area contributed by atoms with E-state index in [0.717, 1.165) is 39.5 Å². The molecule has 1 amide bonds. The molecule has 0 aliphatic carbocycles. The lowest BCUT2D eigenvalue weighted by atomic mass is 9.86. The SMILES string of the molecule is CCn1c(-c2cnc(C)nc2)nc2c(-c3ccc4c(c3)C(C)(N3CC(OC)C3)C(=O)N4)ncnc21. The number of hydrogen-bond acceptors (Lipinski definition) is 8. The highest BCUT2D eigenvalue weighted by atomic mass is 16.5. The summed E-state index contributed by atoms with van der Waals surface area (Å²) < 4.78 is 7.49. The lowest BCUT2D eigenvalue weighted by Gasteiger charge is -2.47. The van der Waals surface area contributed by atoms with Crippen molar-refractivity contribution < 1.29 is 9.53 Å². The monoisotopic (exact) mass is 470 g/mol. The first-order chi connectivity index (χ1) is 16.9. The van der Waals surface area contributed by atoms with Crippen LogP contribution in [0.1, 0.15) is 25.2 Å². The Balaban J connectivity index is 1.47. The van der Waals surface area contributed by atoms with Crippen molar-refractivity contribution in [1.82, 2.24) is 34.4 Å². The molecule has 2 aliphatic rings. The second-order valence-electron chi connectivity index (χ2n) is 9.14. The number of aryl methyl sites for hydroxylation is 2. The van der Waals surface area contributed by atoms with E-state index in [1.54, 1.807) is 25.8 Å². The van der Waals surface area contributed by atoms with Crippen LogP contribution in [0.3, 0.4) is 0 Å². The van der Waals surface area contributed by atoms with Crippen LogP contribution in [0, 0.1) is 6.92 Å². The van der Waals surface area contributed by atoms with Gasteiger partial charge in [0.2, 0.25) is 5.91 Å². The van der Waals surface area contributed by atoms with Crippen LogP contribution in [0.5, 0.6) is 0 Å². The van der Waals surface area contributed by atoms with Crippen molar-refractivity contribution in [2.45, 2.75) is 39.0 Å². The fraction of sp³-hybridized carbons (Fsp3) is 0.360. The second kappa shape index (κ2) is 7.89. The maximum absolute atomic E-state index is 13.1. The number of ether oxygens (including phenoxy) is 1. The lowest BCUT2D eigenvalue weighted by molar-refractivity contribution is -0.137. The van der Waals surface area contributed by atoms with Crippen LogP contribution in [-0.4, -0.2) is 66.6 Å². The molecule has 0 saturated carbocycles. The minimum absolute atomic E-state index is 0.0241. The molecule has 10 nitrogen and oxygen atoms in total. The summed E-state index contributed by atoms with van der Waals surface area (Å²) in [5.41, 5.74) is 4.87. The first-order valence-electron chi connectivity index (χ1n) is 11.7. The number of amides is 1. The van der Waals surface area contributed by atoms with Crippen molar-refractivity contribution in [3.8, 4) is 22.6 Å². The number of imidazole rings is 1. The molecule has 1 aromatic carbocycles. The van der Waals surface area contributed by atoms with Crippen molar-refractivity contribution >= 4 is 22.8 Å². The lowest BCUT2D eigenvalue weighted by Crippen LogP contribution is -2.62. The molecule has 0 spiro atoms. The van der Waals surface area contributed by atoms with Crippen LogP contribution in [0.4, 0.5) is 5.69 Å². The predicted octanol–water partition coefficient (Wildman–Crippen LogP) is 2.78. The first kappa shape index (κ1) is 21.8. The number of carbonyl (C=O) groups excluding carboxylic acids is 1. The molecular weight excluding hydrogens is 444 g/mol. The molecule has 0 radical (unpaired) electrons. The Kier molecular flexibility index (Phi) is 4.90. The Morgan fingerprint density at radius 1 is 1.14 bits per heavy atom. The quantitative estimate of drug-likeness (QED) is 0.474. The normalized spacial score (nSPS) is 20.2. The molecule has 2 aliphatic heterocycles. The number of fused-ring (bicyclic) bond motifs is 2. The van der Waals surface area contributed by atoms with Crippen molar-refractivity contribution in [2.75, 3.05) is 25.5 Å². The Bertz CT molecular complexity index is 1460. The molecule has 1 unspecified atom stereocenters. The van der Waals surface area contributed by atoms with Crippen LogP contribution >= 0.6 is 0 Å². The zero-order valence-corrected chi connectivity index (χ0v) is 20.1. The fourth-order valence-electron chi connectivity index (χ4n) is 5.01. The zero-order valence-electron chi connectivity index (χ0n) is 20.1. The molecule has 4 aromatic rings. The highest BCUT2D eigenvalue weighted by Gasteiger charge is 2.51. The highest BCUT2D eigenvalue weighted by Crippen LogP contribution is 2.44. The fourth-order valence-corrected chi connectivity index (χ4v) is 5.01. The van der Waals surface area contributed by atoms with Gasteiger partial charge in [-0.15, -0.1) is 0 Å². The summed E-state index contributed by atoms with van der Waals surface area (Å²) in [6, 6.07) is 5.97. The Hall–Kier alpha value is -3.76. The van der Waals surface area contributed by atoms with E-state index >= 15 is 0 Å². The first-order valence-corrected chi connectivity index (χ1v) is 11.7. The summed E-state index contributed by atoms with van der Waals surface area (Å²) in [6.45, 7) is 8.00. The van der Waals surface area contributed by atoms with Gasteiger partial charge in [0.15, 0.2) is 5.65 Å². The van der Waals surface area contributed by atoms with Crippen LogP contribution in [-0.2, 0) is 21.6 Å². The Labute approximate surface area is 202 Å². The molecule has 178 valence electrons. The van der Waals surface area contributed by atoms with Crippen molar-refractivity contribution in [3.05, 3.63) is 48.3 Å². The van der Waals surface area contributed by atoms with Gasteiger partial charge < -0.3 is 14.6 Å². The van der Waals surface area contributed by atoms with Gasteiger partial charge in [0, 0.05) is 56.0 Å². The number of benzene rings is 1. The van der Waals surface area contributed by atoms with Gasteiger partial charge in [-0.1, -0.05) is 6.07 Å². The molecule has 6 rings (SSSR count). The summed E-state index contributed by atoms with van der Waals surface area (Å²) in [4.78, 5) is 38.0. The van der Waals surface area contributed by atoms with Crippen LogP contribution in [0.25, 0.3) is 33.8 Å². The molecule has 1 atom stereocenters. The minimum atomic E-state index is -0.764. The average molecular weight is 471 g/mol. The third kappa shape index (κ3) is 3.17. The third-order valence-electron chi connectivity index (χ3n) is 7.21. The van der Waals surface area contributed by atoms with E-state index in [1.807, 2.05) is 30.5 Å². The summed E-state index contributed by atoms with van der Waals surface area (Å²) in [5, 5.41) is 3.05. The summed E-state index contributed by atoms with van der Waals surface area (Å²) in [5.74, 6) is 1.43. The van der Waals surface area contributed by atoms with Crippen molar-refractivity contribution in [1.29, 1.82) is 0 Å². The van der Waals surface area contributed by atoms with E-state index in [-0.39, 0.29) is 12.0 Å². The van der Waals surface area contributed by atoms with Gasteiger partial charge in [0.25, 0.3) is 0 Å². The van der Waals surface area contributed by atoms with E-state index in [2.05, 4.69) is 43.1 Å². The van der Waals surface area contributed by atoms with Crippen molar-refractivity contribution in [3.63, 3.8) is 0 Å². The summed E-state index contributed by atoms with van der Waals surface area (Å²) >= 11 is 0. The topological polar surface area (TPSA) is 111 Å². The maximum Gasteiger partial charge on any atom is 0.249 e. The van der Waals surface area contributed by atoms with Crippen LogP contribution in [0.15, 0.2) is 36.9 Å². The molecule has 35 heavy (non-hydrogen) atoms. The third-order valence-corrected chi connectivity index (χ3v) is 7.21. The molecule has 0 bridgehead atoms. The summed E-state index contributed by atoms with van der Waals surface area (Å²) in [6.07, 6.45) is 5.27. The molecule has 10 heteroatoms. The number of likely N-dealkylation sites (tertiary alicyclic amines) is 1. The molecule has 5 heterocycles. The predicted molar refractivity (Wildman–Crippen MR) is 131 cm³/mol. The van der Waals surface area contributed by atoms with E-state index in [1.165, 1.54) is 0 Å². The Morgan fingerprint density at radius 2 is 1.91 bits per heavy atom. The van der Waals surface area contributed by atoms with E-state index < -0.39 is 5.54 Å². The van der Waals surface area contributed by atoms with Gasteiger partial charge in [-0.3, -0.25) is 9.69 Å².